The molecule has 1 aliphatic heterocycles. The summed E-state index contributed by atoms with van der Waals surface area (Å²) in [6, 6.07) is 20.8. The molecule has 1 heterocycles. The van der Waals surface area contributed by atoms with Gasteiger partial charge in [0.25, 0.3) is 0 Å². The molecule has 0 spiro atoms. The molecule has 1 fully saturated rings. The number of nitrogens with one attached hydrogen (secondary N) is 1. The summed E-state index contributed by atoms with van der Waals surface area (Å²) in [6.45, 7) is 4.22. The first-order valence-corrected chi connectivity index (χ1v) is 11.9. The van der Waals surface area contributed by atoms with Gasteiger partial charge in [-0.15, -0.1) is 0 Å². The first kappa shape index (κ1) is 21.5. The zero-order chi connectivity index (χ0) is 21.8. The van der Waals surface area contributed by atoms with Gasteiger partial charge in [-0.3, -0.25) is 9.69 Å². The van der Waals surface area contributed by atoms with Gasteiger partial charge in [0, 0.05) is 25.3 Å². The first-order valence-electron chi connectivity index (χ1n) is 10.5. The van der Waals surface area contributed by atoms with E-state index in [0.717, 1.165) is 22.0 Å². The largest absolute Gasteiger partial charge is 0.325 e. The third-order valence-corrected chi connectivity index (χ3v) is 7.52. The highest BCUT2D eigenvalue weighted by molar-refractivity contribution is 7.89. The Morgan fingerprint density at radius 3 is 2.42 bits per heavy atom. The minimum absolute atomic E-state index is 0.0925. The van der Waals surface area contributed by atoms with E-state index in [1.807, 2.05) is 66.4 Å². The highest BCUT2D eigenvalue weighted by Crippen LogP contribution is 2.20. The fourth-order valence-corrected chi connectivity index (χ4v) is 5.35. The number of hydrogen-bond donors (Lipinski definition) is 1. The fourth-order valence-electron chi connectivity index (χ4n) is 3.88. The van der Waals surface area contributed by atoms with Crippen LogP contribution in [0.2, 0.25) is 0 Å². The molecule has 3 aromatic carbocycles. The van der Waals surface area contributed by atoms with Crippen molar-refractivity contribution in [3.05, 3.63) is 72.3 Å². The maximum atomic E-state index is 13.0. The van der Waals surface area contributed by atoms with Gasteiger partial charge >= 0.3 is 0 Å². The maximum Gasteiger partial charge on any atom is 0.243 e. The van der Waals surface area contributed by atoms with E-state index < -0.39 is 10.0 Å². The van der Waals surface area contributed by atoms with Gasteiger partial charge in [0.05, 0.1) is 11.4 Å². The molecule has 0 saturated carbocycles. The molecule has 0 unspecified atom stereocenters. The lowest BCUT2D eigenvalue weighted by Gasteiger charge is -2.21. The topological polar surface area (TPSA) is 69.7 Å². The van der Waals surface area contributed by atoms with Gasteiger partial charge in [0.1, 0.15) is 0 Å². The molecule has 6 nitrogen and oxygen atoms in total. The molecule has 0 aliphatic carbocycles. The highest BCUT2D eigenvalue weighted by atomic mass is 32.2. The molecule has 7 heteroatoms. The second kappa shape index (κ2) is 9.18. The van der Waals surface area contributed by atoms with Crippen LogP contribution >= 0.6 is 0 Å². The molecule has 0 radical (unpaired) electrons. The summed E-state index contributed by atoms with van der Waals surface area (Å²) in [5.74, 6) is -0.0925. The first-order chi connectivity index (χ1) is 14.9. The number of fused-ring (bicyclic) bond motifs is 1. The standard InChI is InChI=1S/C24H27N3O3S/c1-19-7-11-23(12-8-19)31(29,30)27-14-4-13-26(15-16-27)18-24(28)25-22-10-9-20-5-2-3-6-21(20)17-22/h2-3,5-12,17H,4,13-16,18H2,1H3,(H,25,28). The van der Waals surface area contributed by atoms with Crippen molar-refractivity contribution in [1.82, 2.24) is 9.21 Å². The molecule has 0 bridgehead atoms. The molecule has 0 atom stereocenters. The van der Waals surface area contributed by atoms with E-state index in [2.05, 4.69) is 5.32 Å². The number of nitrogens with zero attached hydrogens (tertiary/aromatic N) is 2. The Labute approximate surface area is 183 Å². The van der Waals surface area contributed by atoms with Gasteiger partial charge in [0.2, 0.25) is 15.9 Å². The lowest BCUT2D eigenvalue weighted by molar-refractivity contribution is -0.117. The monoisotopic (exact) mass is 437 g/mol. The maximum absolute atomic E-state index is 13.0. The molecule has 1 aliphatic rings. The van der Waals surface area contributed by atoms with Crippen molar-refractivity contribution in [2.24, 2.45) is 0 Å². The summed E-state index contributed by atoms with van der Waals surface area (Å²) in [4.78, 5) is 14.9. The van der Waals surface area contributed by atoms with Gasteiger partial charge in [-0.2, -0.15) is 4.31 Å². The molecule has 0 aromatic heterocycles. The minimum Gasteiger partial charge on any atom is -0.325 e. The zero-order valence-corrected chi connectivity index (χ0v) is 18.4. The molecular weight excluding hydrogens is 410 g/mol. The number of aryl methyl sites for hydroxylation is 1. The van der Waals surface area contributed by atoms with Crippen LogP contribution < -0.4 is 5.32 Å². The van der Waals surface area contributed by atoms with E-state index in [4.69, 9.17) is 0 Å². The van der Waals surface area contributed by atoms with Crippen molar-refractivity contribution in [3.8, 4) is 0 Å². The Hall–Kier alpha value is -2.74. The number of anilines is 1. The van der Waals surface area contributed by atoms with Gasteiger partial charge in [-0.05, 0) is 54.9 Å². The third-order valence-electron chi connectivity index (χ3n) is 5.61. The summed E-state index contributed by atoms with van der Waals surface area (Å²) >= 11 is 0. The predicted octanol–water partition coefficient (Wildman–Crippen LogP) is 3.48. The van der Waals surface area contributed by atoms with Gasteiger partial charge in [0.15, 0.2) is 0 Å². The van der Waals surface area contributed by atoms with Crippen LogP contribution in [-0.2, 0) is 14.8 Å². The Balaban J connectivity index is 1.36. The molecular formula is C24H27N3O3S. The Bertz CT molecular complexity index is 1180. The average molecular weight is 438 g/mol. The lowest BCUT2D eigenvalue weighted by atomic mass is 10.1. The van der Waals surface area contributed by atoms with E-state index in [-0.39, 0.29) is 12.5 Å². The molecule has 1 N–H and O–H groups in total. The lowest BCUT2D eigenvalue weighted by Crippen LogP contribution is -2.38. The van der Waals surface area contributed by atoms with Crippen LogP contribution in [0.15, 0.2) is 71.6 Å². The Morgan fingerprint density at radius 2 is 1.65 bits per heavy atom. The molecule has 3 aromatic rings. The van der Waals surface area contributed by atoms with Crippen LogP contribution in [0.3, 0.4) is 0 Å². The Kier molecular flexibility index (Phi) is 6.36. The highest BCUT2D eigenvalue weighted by Gasteiger charge is 2.27. The molecule has 4 rings (SSSR count). The van der Waals surface area contributed by atoms with Gasteiger partial charge in [-0.1, -0.05) is 48.0 Å². The van der Waals surface area contributed by atoms with Crippen molar-refractivity contribution in [1.29, 1.82) is 0 Å². The van der Waals surface area contributed by atoms with E-state index in [0.29, 0.717) is 37.5 Å². The summed E-state index contributed by atoms with van der Waals surface area (Å²) in [5.41, 5.74) is 1.79. The Morgan fingerprint density at radius 1 is 0.903 bits per heavy atom. The third kappa shape index (κ3) is 5.12. The van der Waals surface area contributed by atoms with E-state index in [1.165, 1.54) is 4.31 Å². The minimum atomic E-state index is -3.52. The second-order valence-corrected chi connectivity index (χ2v) is 9.89. The second-order valence-electron chi connectivity index (χ2n) is 7.96. The number of carbonyl (C=O) groups excluding carboxylic acids is 1. The molecule has 31 heavy (non-hydrogen) atoms. The average Bonchev–Trinajstić information content (AvgIpc) is 3.00. The van der Waals surface area contributed by atoms with Crippen molar-refractivity contribution in [2.45, 2.75) is 18.2 Å². The van der Waals surface area contributed by atoms with Crippen molar-refractivity contribution >= 4 is 32.4 Å². The van der Waals surface area contributed by atoms with Crippen LogP contribution in [0.25, 0.3) is 10.8 Å². The number of rotatable bonds is 5. The van der Waals surface area contributed by atoms with Crippen molar-refractivity contribution in [3.63, 3.8) is 0 Å². The molecule has 1 saturated heterocycles. The zero-order valence-electron chi connectivity index (χ0n) is 17.6. The van der Waals surface area contributed by atoms with Gasteiger partial charge in [-0.25, -0.2) is 8.42 Å². The predicted molar refractivity (Wildman–Crippen MR) is 124 cm³/mol. The van der Waals surface area contributed by atoms with Crippen LogP contribution in [0.5, 0.6) is 0 Å². The number of sulfonamides is 1. The van der Waals surface area contributed by atoms with Crippen LogP contribution in [0, 0.1) is 6.92 Å². The van der Waals surface area contributed by atoms with Crippen LogP contribution in [0.1, 0.15) is 12.0 Å². The smallest absolute Gasteiger partial charge is 0.243 e. The van der Waals surface area contributed by atoms with Gasteiger partial charge < -0.3 is 5.32 Å². The number of amides is 1. The van der Waals surface area contributed by atoms with E-state index >= 15 is 0 Å². The summed E-state index contributed by atoms with van der Waals surface area (Å²) in [6.07, 6.45) is 0.689. The summed E-state index contributed by atoms with van der Waals surface area (Å²) in [5, 5.41) is 5.17. The quantitative estimate of drug-likeness (QED) is 0.664. The van der Waals surface area contributed by atoms with E-state index in [1.54, 1.807) is 12.1 Å². The number of hydrogen-bond acceptors (Lipinski definition) is 4. The van der Waals surface area contributed by atoms with Crippen LogP contribution in [-0.4, -0.2) is 56.3 Å². The summed E-state index contributed by atoms with van der Waals surface area (Å²) < 4.78 is 27.4. The van der Waals surface area contributed by atoms with Crippen LogP contribution in [0.4, 0.5) is 5.69 Å². The SMILES string of the molecule is Cc1ccc(S(=O)(=O)N2CCCN(CC(=O)Nc3ccc4ccccc4c3)CC2)cc1. The number of benzene rings is 3. The van der Waals surface area contributed by atoms with Crippen molar-refractivity contribution in [2.75, 3.05) is 38.0 Å². The fraction of sp³-hybridized carbons (Fsp3) is 0.292. The molecule has 162 valence electrons. The normalized spacial score (nSPS) is 16.2. The summed E-state index contributed by atoms with van der Waals surface area (Å²) in [7, 11) is -3.52. The number of carbonyl (C=O) groups is 1. The van der Waals surface area contributed by atoms with Crippen molar-refractivity contribution < 1.29 is 13.2 Å². The molecule has 1 amide bonds. The van der Waals surface area contributed by atoms with E-state index in [9.17, 15) is 13.2 Å².